The third-order valence-electron chi connectivity index (χ3n) is 2.41. The highest BCUT2D eigenvalue weighted by atomic mass is 19.4. The number of hydrogen-bond donors (Lipinski definition) is 2. The molecule has 2 aromatic rings. The number of nitrogens with zero attached hydrogens (tertiary/aromatic N) is 2. The Labute approximate surface area is 112 Å². The second-order valence-electron chi connectivity index (χ2n) is 4.04. The number of anilines is 1. The van der Waals surface area contributed by atoms with Crippen molar-refractivity contribution in [1.82, 2.24) is 15.1 Å². The van der Waals surface area contributed by atoms with E-state index in [1.807, 2.05) is 0 Å². The van der Waals surface area contributed by atoms with Gasteiger partial charge in [-0.25, -0.2) is 4.68 Å². The summed E-state index contributed by atoms with van der Waals surface area (Å²) in [7, 11) is 0. The number of alkyl halides is 3. The smallest absolute Gasteiger partial charge is 0.399 e. The zero-order valence-corrected chi connectivity index (χ0v) is 10.2. The molecule has 0 saturated carbocycles. The highest BCUT2D eigenvalue weighted by Gasteiger charge is 2.28. The van der Waals surface area contributed by atoms with E-state index >= 15 is 0 Å². The monoisotopic (exact) mass is 284 g/mol. The van der Waals surface area contributed by atoms with Crippen LogP contribution in [0.1, 0.15) is 10.5 Å². The van der Waals surface area contributed by atoms with Gasteiger partial charge in [0.2, 0.25) is 0 Å². The van der Waals surface area contributed by atoms with E-state index in [0.717, 1.165) is 0 Å². The van der Waals surface area contributed by atoms with Gasteiger partial charge < -0.3 is 11.1 Å². The van der Waals surface area contributed by atoms with Gasteiger partial charge in [0.15, 0.2) is 5.69 Å². The van der Waals surface area contributed by atoms with Crippen molar-refractivity contribution in [3.8, 4) is 5.69 Å². The quantitative estimate of drug-likeness (QED) is 0.843. The van der Waals surface area contributed by atoms with Crippen molar-refractivity contribution in [2.24, 2.45) is 0 Å². The van der Waals surface area contributed by atoms with Crippen LogP contribution in [0.5, 0.6) is 0 Å². The summed E-state index contributed by atoms with van der Waals surface area (Å²) in [5.41, 5.74) is 6.64. The number of hydrogen-bond acceptors (Lipinski definition) is 3. The predicted octanol–water partition coefficient (Wildman–Crippen LogP) is 1.75. The minimum atomic E-state index is -4.45. The Hall–Kier alpha value is -2.51. The van der Waals surface area contributed by atoms with E-state index in [1.165, 1.54) is 16.9 Å². The molecule has 106 valence electrons. The van der Waals surface area contributed by atoms with Gasteiger partial charge in [0, 0.05) is 11.9 Å². The van der Waals surface area contributed by atoms with Crippen LogP contribution in [0.4, 0.5) is 18.9 Å². The molecule has 0 aliphatic rings. The molecule has 5 nitrogen and oxygen atoms in total. The Bertz CT molecular complexity index is 621. The molecule has 0 radical (unpaired) electrons. The van der Waals surface area contributed by atoms with Gasteiger partial charge in [-0.2, -0.15) is 18.3 Å². The zero-order chi connectivity index (χ0) is 14.8. The van der Waals surface area contributed by atoms with Crippen LogP contribution in [0.25, 0.3) is 5.69 Å². The summed E-state index contributed by atoms with van der Waals surface area (Å²) in [6.45, 7) is -1.39. The fraction of sp³-hybridized carbons (Fsp3) is 0.167. The molecular formula is C12H11F3N4O. The van der Waals surface area contributed by atoms with Crippen molar-refractivity contribution in [1.29, 1.82) is 0 Å². The maximum absolute atomic E-state index is 12.0. The van der Waals surface area contributed by atoms with Gasteiger partial charge in [-0.15, -0.1) is 0 Å². The van der Waals surface area contributed by atoms with Gasteiger partial charge in [0.1, 0.15) is 6.54 Å². The molecule has 0 fully saturated rings. The average Bonchev–Trinajstić information content (AvgIpc) is 2.84. The number of aromatic nitrogens is 2. The molecule has 0 bridgehead atoms. The summed E-state index contributed by atoms with van der Waals surface area (Å²) >= 11 is 0. The Kier molecular flexibility index (Phi) is 3.64. The molecule has 1 amide bonds. The highest BCUT2D eigenvalue weighted by molar-refractivity contribution is 5.92. The highest BCUT2D eigenvalue weighted by Crippen LogP contribution is 2.13. The SMILES string of the molecule is Nc1cccc(-n2ccc(C(=O)NCC(F)(F)F)n2)c1. The van der Waals surface area contributed by atoms with Crippen LogP contribution in [0.2, 0.25) is 0 Å². The first-order valence-corrected chi connectivity index (χ1v) is 5.62. The first-order valence-electron chi connectivity index (χ1n) is 5.62. The third kappa shape index (κ3) is 3.50. The molecule has 1 aromatic carbocycles. The van der Waals surface area contributed by atoms with Crippen LogP contribution in [-0.4, -0.2) is 28.4 Å². The minimum Gasteiger partial charge on any atom is -0.399 e. The normalized spacial score (nSPS) is 11.3. The van der Waals surface area contributed by atoms with Crippen molar-refractivity contribution in [2.75, 3.05) is 12.3 Å². The fourth-order valence-corrected chi connectivity index (χ4v) is 1.53. The molecule has 0 aliphatic carbocycles. The molecule has 0 atom stereocenters. The molecular weight excluding hydrogens is 273 g/mol. The van der Waals surface area contributed by atoms with Gasteiger partial charge in [-0.3, -0.25) is 4.79 Å². The van der Waals surface area contributed by atoms with Gasteiger partial charge in [-0.1, -0.05) is 6.07 Å². The molecule has 8 heteroatoms. The summed E-state index contributed by atoms with van der Waals surface area (Å²) in [4.78, 5) is 11.5. The number of halogens is 3. The van der Waals surface area contributed by atoms with Crippen molar-refractivity contribution in [3.63, 3.8) is 0 Å². The Balaban J connectivity index is 2.11. The number of carbonyl (C=O) groups excluding carboxylic acids is 1. The lowest BCUT2D eigenvalue weighted by atomic mass is 10.3. The molecule has 2 rings (SSSR count). The second-order valence-corrected chi connectivity index (χ2v) is 4.04. The molecule has 0 saturated heterocycles. The van der Waals surface area contributed by atoms with E-state index in [-0.39, 0.29) is 5.69 Å². The molecule has 1 aromatic heterocycles. The molecule has 0 aliphatic heterocycles. The van der Waals surface area contributed by atoms with E-state index in [1.54, 1.807) is 29.6 Å². The van der Waals surface area contributed by atoms with Gasteiger partial charge in [0.25, 0.3) is 5.91 Å². The predicted molar refractivity (Wildman–Crippen MR) is 66.4 cm³/mol. The number of nitrogen functional groups attached to an aromatic ring is 1. The van der Waals surface area contributed by atoms with Gasteiger partial charge in [-0.05, 0) is 24.3 Å². The van der Waals surface area contributed by atoms with Crippen molar-refractivity contribution in [3.05, 3.63) is 42.2 Å². The van der Waals surface area contributed by atoms with Crippen LogP contribution in [0, 0.1) is 0 Å². The van der Waals surface area contributed by atoms with E-state index in [2.05, 4.69) is 5.10 Å². The lowest BCUT2D eigenvalue weighted by Gasteiger charge is -2.06. The number of nitrogens with one attached hydrogen (secondary N) is 1. The summed E-state index contributed by atoms with van der Waals surface area (Å²) < 4.78 is 37.3. The van der Waals surface area contributed by atoms with Gasteiger partial charge >= 0.3 is 6.18 Å². The largest absolute Gasteiger partial charge is 0.405 e. The second kappa shape index (κ2) is 5.24. The molecule has 0 spiro atoms. The number of nitrogens with two attached hydrogens (primary N) is 1. The summed E-state index contributed by atoms with van der Waals surface area (Å²) in [5, 5.41) is 5.65. The van der Waals surface area contributed by atoms with Crippen LogP contribution in [0.15, 0.2) is 36.5 Å². The van der Waals surface area contributed by atoms with E-state index in [4.69, 9.17) is 5.73 Å². The number of carbonyl (C=O) groups is 1. The maximum atomic E-state index is 12.0. The standard InChI is InChI=1S/C12H11F3N4O/c13-12(14,15)7-17-11(20)10-4-5-19(18-10)9-3-1-2-8(16)6-9/h1-6H,7,16H2,(H,17,20). The number of benzene rings is 1. The molecule has 20 heavy (non-hydrogen) atoms. The van der Waals surface area contributed by atoms with Crippen molar-refractivity contribution < 1.29 is 18.0 Å². The van der Waals surface area contributed by atoms with E-state index in [9.17, 15) is 18.0 Å². The topological polar surface area (TPSA) is 72.9 Å². The van der Waals surface area contributed by atoms with Crippen LogP contribution >= 0.6 is 0 Å². The number of rotatable bonds is 3. The van der Waals surface area contributed by atoms with Gasteiger partial charge in [0.05, 0.1) is 5.69 Å². The summed E-state index contributed by atoms with van der Waals surface area (Å²) in [6.07, 6.45) is -2.98. The lowest BCUT2D eigenvalue weighted by Crippen LogP contribution is -2.33. The van der Waals surface area contributed by atoms with Crippen molar-refractivity contribution in [2.45, 2.75) is 6.18 Å². The Morgan fingerprint density at radius 3 is 2.75 bits per heavy atom. The molecule has 0 unspecified atom stereocenters. The van der Waals surface area contributed by atoms with Crippen LogP contribution in [0.3, 0.4) is 0 Å². The van der Waals surface area contributed by atoms with E-state index in [0.29, 0.717) is 11.4 Å². The number of amides is 1. The first kappa shape index (κ1) is 13.9. The summed E-state index contributed by atoms with van der Waals surface area (Å²) in [5.74, 6) is -0.884. The Morgan fingerprint density at radius 1 is 1.35 bits per heavy atom. The van der Waals surface area contributed by atoms with Crippen LogP contribution < -0.4 is 11.1 Å². The fourth-order valence-electron chi connectivity index (χ4n) is 1.53. The third-order valence-corrected chi connectivity index (χ3v) is 2.41. The zero-order valence-electron chi connectivity index (χ0n) is 10.2. The lowest BCUT2D eigenvalue weighted by molar-refractivity contribution is -0.123. The Morgan fingerprint density at radius 2 is 2.10 bits per heavy atom. The summed E-state index contributed by atoms with van der Waals surface area (Å²) in [6, 6.07) is 8.06. The van der Waals surface area contributed by atoms with Crippen LogP contribution in [-0.2, 0) is 0 Å². The maximum Gasteiger partial charge on any atom is 0.405 e. The van der Waals surface area contributed by atoms with E-state index < -0.39 is 18.6 Å². The molecule has 3 N–H and O–H groups in total. The minimum absolute atomic E-state index is 0.100. The average molecular weight is 284 g/mol. The first-order chi connectivity index (χ1) is 9.35. The molecule has 1 heterocycles. The van der Waals surface area contributed by atoms with Crippen molar-refractivity contribution >= 4 is 11.6 Å².